The Morgan fingerprint density at radius 1 is 0.903 bits per heavy atom. The highest BCUT2D eigenvalue weighted by molar-refractivity contribution is 5.86. The van der Waals surface area contributed by atoms with Crippen molar-refractivity contribution >= 4 is 21.8 Å². The Labute approximate surface area is 183 Å². The molecule has 3 aromatic carbocycles. The van der Waals surface area contributed by atoms with Crippen molar-refractivity contribution in [3.8, 4) is 0 Å². The van der Waals surface area contributed by atoms with Crippen LogP contribution in [0, 0.1) is 0 Å². The van der Waals surface area contributed by atoms with Crippen molar-refractivity contribution < 1.29 is 0 Å². The third-order valence-electron chi connectivity index (χ3n) is 7.37. The van der Waals surface area contributed by atoms with E-state index in [4.69, 9.17) is 9.97 Å². The van der Waals surface area contributed by atoms with Gasteiger partial charge in [-0.25, -0.2) is 4.98 Å². The van der Waals surface area contributed by atoms with Gasteiger partial charge in [0, 0.05) is 24.7 Å². The largest absolute Gasteiger partial charge is 0.257 e. The molecule has 2 N–H and O–H groups in total. The number of fused-ring (bicyclic) bond motifs is 2. The van der Waals surface area contributed by atoms with Gasteiger partial charge >= 0.3 is 0 Å². The number of hydrogen-bond donors (Lipinski definition) is 2. The fourth-order valence-corrected chi connectivity index (χ4v) is 5.62. The molecule has 0 radical (unpaired) electrons. The van der Waals surface area contributed by atoms with Crippen LogP contribution >= 0.6 is 0 Å². The predicted molar refractivity (Wildman–Crippen MR) is 126 cm³/mol. The average molecular weight is 409 g/mol. The third kappa shape index (κ3) is 3.50. The van der Waals surface area contributed by atoms with E-state index in [2.05, 4.69) is 71.5 Å². The molecule has 0 atom stereocenters. The van der Waals surface area contributed by atoms with Crippen molar-refractivity contribution in [3.63, 3.8) is 0 Å². The number of para-hydroxylation sites is 1. The Balaban J connectivity index is 1.32. The van der Waals surface area contributed by atoms with Crippen LogP contribution in [0.5, 0.6) is 0 Å². The molecule has 1 aliphatic heterocycles. The molecule has 2 aliphatic rings. The third-order valence-corrected chi connectivity index (χ3v) is 7.37. The summed E-state index contributed by atoms with van der Waals surface area (Å²) in [6.07, 6.45) is 8.88. The van der Waals surface area contributed by atoms with E-state index in [1.807, 2.05) is 6.20 Å². The SMILES string of the molecule is c1ccc2c(Cc3cnc4cccc(C5CCC6(CCNN6)CC5)c4n3)cccc2c1. The van der Waals surface area contributed by atoms with E-state index in [1.165, 1.54) is 54.0 Å². The molecule has 4 aromatic rings. The molecular weight excluding hydrogens is 380 g/mol. The number of benzene rings is 3. The quantitative estimate of drug-likeness (QED) is 0.485. The van der Waals surface area contributed by atoms with Gasteiger partial charge in [0.15, 0.2) is 0 Å². The zero-order valence-electron chi connectivity index (χ0n) is 17.8. The van der Waals surface area contributed by atoms with Gasteiger partial charge < -0.3 is 0 Å². The molecule has 2 heterocycles. The summed E-state index contributed by atoms with van der Waals surface area (Å²) < 4.78 is 0. The smallest absolute Gasteiger partial charge is 0.0924 e. The molecule has 1 saturated heterocycles. The average Bonchev–Trinajstić information content (AvgIpc) is 3.27. The fourth-order valence-electron chi connectivity index (χ4n) is 5.62. The van der Waals surface area contributed by atoms with Crippen molar-refractivity contribution in [2.75, 3.05) is 6.54 Å². The number of nitrogens with one attached hydrogen (secondary N) is 2. The number of hydrogen-bond acceptors (Lipinski definition) is 4. The summed E-state index contributed by atoms with van der Waals surface area (Å²) in [6, 6.07) is 21.6. The Morgan fingerprint density at radius 2 is 1.74 bits per heavy atom. The minimum atomic E-state index is 0.312. The van der Waals surface area contributed by atoms with Gasteiger partial charge in [-0.2, -0.15) is 0 Å². The van der Waals surface area contributed by atoms with Crippen LogP contribution < -0.4 is 10.9 Å². The maximum atomic E-state index is 5.15. The van der Waals surface area contributed by atoms with E-state index in [9.17, 15) is 0 Å². The minimum Gasteiger partial charge on any atom is -0.257 e. The molecule has 0 bridgehead atoms. The standard InChI is InChI=1S/C27H28N4/c1-2-8-23-19(5-1)6-3-7-21(23)17-22-18-28-25-10-4-9-24(26(25)30-22)20-11-13-27(14-12-20)15-16-29-31-27/h1-10,18,20,29,31H,11-17H2. The number of nitrogens with zero attached hydrogens (tertiary/aromatic N) is 2. The Bertz CT molecular complexity index is 1230. The molecule has 1 spiro atoms. The van der Waals surface area contributed by atoms with Crippen molar-refractivity contribution in [1.82, 2.24) is 20.8 Å². The van der Waals surface area contributed by atoms with Crippen LogP contribution in [-0.4, -0.2) is 22.1 Å². The number of hydrazine groups is 1. The first-order chi connectivity index (χ1) is 15.3. The van der Waals surface area contributed by atoms with Crippen molar-refractivity contribution in [2.45, 2.75) is 50.0 Å². The Kier molecular flexibility index (Phi) is 4.70. The number of aromatic nitrogens is 2. The van der Waals surface area contributed by atoms with Gasteiger partial charge in [0.05, 0.1) is 16.7 Å². The molecule has 2 fully saturated rings. The molecule has 1 saturated carbocycles. The van der Waals surface area contributed by atoms with E-state index in [0.29, 0.717) is 11.5 Å². The van der Waals surface area contributed by atoms with Crippen LogP contribution in [0.1, 0.15) is 54.8 Å². The van der Waals surface area contributed by atoms with E-state index < -0.39 is 0 Å². The lowest BCUT2D eigenvalue weighted by molar-refractivity contribution is 0.235. The molecule has 4 nitrogen and oxygen atoms in total. The lowest BCUT2D eigenvalue weighted by atomic mass is 9.73. The normalized spacial score (nSPS) is 23.7. The van der Waals surface area contributed by atoms with Gasteiger partial charge in [-0.15, -0.1) is 0 Å². The molecule has 0 amide bonds. The first-order valence-electron chi connectivity index (χ1n) is 11.5. The monoisotopic (exact) mass is 408 g/mol. The highest BCUT2D eigenvalue weighted by Gasteiger charge is 2.38. The summed E-state index contributed by atoms with van der Waals surface area (Å²) in [5, 5.41) is 2.58. The first-order valence-corrected chi connectivity index (χ1v) is 11.5. The second-order valence-corrected chi connectivity index (χ2v) is 9.25. The Hall–Kier alpha value is -2.82. The molecular formula is C27H28N4. The van der Waals surface area contributed by atoms with E-state index in [1.54, 1.807) is 0 Å². The van der Waals surface area contributed by atoms with Crippen LogP contribution in [0.3, 0.4) is 0 Å². The topological polar surface area (TPSA) is 49.8 Å². The molecule has 0 unspecified atom stereocenters. The highest BCUT2D eigenvalue weighted by atomic mass is 15.4. The van der Waals surface area contributed by atoms with Crippen molar-refractivity contribution in [1.29, 1.82) is 0 Å². The zero-order chi connectivity index (χ0) is 20.7. The van der Waals surface area contributed by atoms with Crippen LogP contribution in [0.15, 0.2) is 66.9 Å². The van der Waals surface area contributed by atoms with Crippen LogP contribution in [0.2, 0.25) is 0 Å². The second kappa shape index (κ2) is 7.70. The summed E-state index contributed by atoms with van der Waals surface area (Å²) in [5.74, 6) is 0.568. The minimum absolute atomic E-state index is 0.312. The van der Waals surface area contributed by atoms with E-state index in [-0.39, 0.29) is 0 Å². The zero-order valence-corrected chi connectivity index (χ0v) is 17.8. The highest BCUT2D eigenvalue weighted by Crippen LogP contribution is 2.41. The van der Waals surface area contributed by atoms with Crippen LogP contribution in [-0.2, 0) is 6.42 Å². The van der Waals surface area contributed by atoms with Gasteiger partial charge in [-0.3, -0.25) is 15.8 Å². The van der Waals surface area contributed by atoms with Gasteiger partial charge in [-0.05, 0) is 66.0 Å². The summed E-state index contributed by atoms with van der Waals surface area (Å²) in [4.78, 5) is 9.95. The van der Waals surface area contributed by atoms with Crippen molar-refractivity contribution in [3.05, 3.63) is 83.7 Å². The lowest BCUT2D eigenvalue weighted by Gasteiger charge is -2.37. The van der Waals surface area contributed by atoms with Crippen LogP contribution in [0.25, 0.3) is 21.8 Å². The fraction of sp³-hybridized carbons (Fsp3) is 0.333. The summed E-state index contributed by atoms with van der Waals surface area (Å²) in [7, 11) is 0. The molecule has 4 heteroatoms. The van der Waals surface area contributed by atoms with Gasteiger partial charge in [0.25, 0.3) is 0 Å². The molecule has 156 valence electrons. The molecule has 31 heavy (non-hydrogen) atoms. The predicted octanol–water partition coefficient (Wildman–Crippen LogP) is 5.27. The lowest BCUT2D eigenvalue weighted by Crippen LogP contribution is -2.46. The van der Waals surface area contributed by atoms with E-state index in [0.717, 1.165) is 29.7 Å². The summed E-state index contributed by atoms with van der Waals surface area (Å²) >= 11 is 0. The Morgan fingerprint density at radius 3 is 2.61 bits per heavy atom. The van der Waals surface area contributed by atoms with Crippen molar-refractivity contribution in [2.24, 2.45) is 0 Å². The van der Waals surface area contributed by atoms with Gasteiger partial charge in [-0.1, -0.05) is 54.6 Å². The van der Waals surface area contributed by atoms with Gasteiger partial charge in [0.2, 0.25) is 0 Å². The van der Waals surface area contributed by atoms with Gasteiger partial charge in [0.1, 0.15) is 0 Å². The van der Waals surface area contributed by atoms with Crippen LogP contribution in [0.4, 0.5) is 0 Å². The molecule has 6 rings (SSSR count). The maximum Gasteiger partial charge on any atom is 0.0924 e. The second-order valence-electron chi connectivity index (χ2n) is 9.25. The summed E-state index contributed by atoms with van der Waals surface area (Å²) in [5.41, 5.74) is 13.0. The number of rotatable bonds is 3. The summed E-state index contributed by atoms with van der Waals surface area (Å²) in [6.45, 7) is 1.09. The van der Waals surface area contributed by atoms with E-state index >= 15 is 0 Å². The first kappa shape index (κ1) is 18.9. The molecule has 1 aliphatic carbocycles. The maximum absolute atomic E-state index is 5.15. The molecule has 1 aromatic heterocycles.